The second-order valence-corrected chi connectivity index (χ2v) is 11.6. The Morgan fingerprint density at radius 3 is 1.00 bits per heavy atom. The molecule has 5 aromatic carbocycles. The maximum absolute atomic E-state index is 12.7. The molecule has 2 aliphatic carbocycles. The van der Waals surface area contributed by atoms with Gasteiger partial charge < -0.3 is 9.47 Å². The van der Waals surface area contributed by atoms with Crippen molar-refractivity contribution in [3.63, 3.8) is 0 Å². The Hall–Kier alpha value is -7.28. The summed E-state index contributed by atoms with van der Waals surface area (Å²) < 4.78 is 84.2. The van der Waals surface area contributed by atoms with Crippen molar-refractivity contribution >= 4 is 11.1 Å². The van der Waals surface area contributed by atoms with Crippen LogP contribution in [0.2, 0.25) is 0 Å². The second kappa shape index (κ2) is 12.2. The monoisotopic (exact) mass is 698 g/mol. The summed E-state index contributed by atoms with van der Waals surface area (Å²) in [4.78, 5) is 0. The van der Waals surface area contributed by atoms with E-state index in [0.717, 1.165) is 0 Å². The Labute approximate surface area is 291 Å². The van der Waals surface area contributed by atoms with Crippen LogP contribution in [0.25, 0.3) is 55.7 Å². The van der Waals surface area contributed by atoms with Crippen molar-refractivity contribution in [2.75, 3.05) is 0 Å². The maximum Gasteiger partial charge on any atom is 0.573 e. The van der Waals surface area contributed by atoms with Crippen LogP contribution in [-0.4, -0.2) is 12.7 Å². The number of fused-ring (bicyclic) bond motifs is 6. The molecule has 250 valence electrons. The highest BCUT2D eigenvalue weighted by Gasteiger charge is 2.35. The zero-order chi connectivity index (χ0) is 36.9. The third-order valence-corrected chi connectivity index (χ3v) is 8.64. The van der Waals surface area contributed by atoms with E-state index in [0.29, 0.717) is 77.9 Å². The van der Waals surface area contributed by atoms with Crippen LogP contribution in [0.4, 0.5) is 26.3 Å². The molecule has 52 heavy (non-hydrogen) atoms. The quantitative estimate of drug-likeness (QED) is 0.134. The van der Waals surface area contributed by atoms with Gasteiger partial charge in [0.1, 0.15) is 46.9 Å². The number of hydrogen-bond acceptors (Lipinski definition) is 6. The molecule has 0 amide bonds. The Balaban J connectivity index is 1.36. The van der Waals surface area contributed by atoms with Crippen LogP contribution in [0, 0.1) is 45.3 Å². The van der Waals surface area contributed by atoms with Crippen molar-refractivity contribution in [3.8, 4) is 80.3 Å². The molecule has 0 atom stereocenters. The predicted octanol–water partition coefficient (Wildman–Crippen LogP) is 10.5. The van der Waals surface area contributed by atoms with E-state index in [1.807, 2.05) is 24.3 Å². The van der Waals surface area contributed by atoms with Crippen molar-refractivity contribution < 1.29 is 35.8 Å². The third-order valence-electron chi connectivity index (χ3n) is 8.64. The summed E-state index contributed by atoms with van der Waals surface area (Å²) in [5.41, 5.74) is 7.30. The van der Waals surface area contributed by atoms with Crippen molar-refractivity contribution in [3.05, 3.63) is 130 Å². The SMILES string of the molecule is N#CC(C#N)=C1c2cc(-c3ccc(OC(F)(F)F)cc3)ccc2-c2cc3c(cc21)-c1ccc(-c2ccc(OC(F)(F)F)cc2)cc1C3=C(C#N)C#N. The Morgan fingerprint density at radius 2 is 0.692 bits per heavy atom. The topological polar surface area (TPSA) is 114 Å². The number of hydrogen-bond donors (Lipinski definition) is 0. The molecule has 0 saturated heterocycles. The number of rotatable bonds is 4. The fourth-order valence-electron chi connectivity index (χ4n) is 6.59. The van der Waals surface area contributed by atoms with Crippen LogP contribution in [0.3, 0.4) is 0 Å². The average molecular weight is 699 g/mol. The third kappa shape index (κ3) is 5.85. The van der Waals surface area contributed by atoms with Crippen molar-refractivity contribution in [2.24, 2.45) is 0 Å². The van der Waals surface area contributed by atoms with E-state index < -0.39 is 24.2 Å². The summed E-state index contributed by atoms with van der Waals surface area (Å²) in [5, 5.41) is 40.0. The summed E-state index contributed by atoms with van der Waals surface area (Å²) in [6, 6.07) is 32.5. The lowest BCUT2D eigenvalue weighted by atomic mass is 9.93. The van der Waals surface area contributed by atoms with Gasteiger partial charge in [-0.2, -0.15) is 21.0 Å². The van der Waals surface area contributed by atoms with Gasteiger partial charge in [-0.25, -0.2) is 0 Å². The predicted molar refractivity (Wildman–Crippen MR) is 176 cm³/mol. The number of alkyl halides is 6. The zero-order valence-electron chi connectivity index (χ0n) is 26.1. The van der Waals surface area contributed by atoms with Crippen LogP contribution in [0.15, 0.2) is 108 Å². The number of ether oxygens (including phenoxy) is 2. The van der Waals surface area contributed by atoms with E-state index in [4.69, 9.17) is 0 Å². The second-order valence-electron chi connectivity index (χ2n) is 11.6. The van der Waals surface area contributed by atoms with Crippen LogP contribution < -0.4 is 9.47 Å². The summed E-state index contributed by atoms with van der Waals surface area (Å²) in [6.07, 6.45) is -9.70. The summed E-state index contributed by atoms with van der Waals surface area (Å²) >= 11 is 0. The van der Waals surface area contributed by atoms with Gasteiger partial charge in [0.15, 0.2) is 0 Å². The summed E-state index contributed by atoms with van der Waals surface area (Å²) in [7, 11) is 0. The minimum Gasteiger partial charge on any atom is -0.406 e. The molecule has 0 fully saturated rings. The van der Waals surface area contributed by atoms with Gasteiger partial charge in [0.25, 0.3) is 0 Å². The Morgan fingerprint density at radius 1 is 0.385 bits per heavy atom. The molecule has 0 radical (unpaired) electrons. The highest BCUT2D eigenvalue weighted by Crippen LogP contribution is 2.54. The molecule has 2 aliphatic rings. The number of benzene rings is 5. The molecule has 6 nitrogen and oxygen atoms in total. The van der Waals surface area contributed by atoms with Gasteiger partial charge >= 0.3 is 12.7 Å². The molecule has 0 aliphatic heterocycles. The number of nitrogens with zero attached hydrogens (tertiary/aromatic N) is 4. The first kappa shape index (κ1) is 33.2. The average Bonchev–Trinajstić information content (AvgIpc) is 3.59. The van der Waals surface area contributed by atoms with Gasteiger partial charge in [-0.3, -0.25) is 0 Å². The molecular formula is C40H16F6N4O2. The number of nitriles is 4. The standard InChI is InChI=1S/C40H16F6N4O2/c41-39(42,43)51-27-7-1-21(2-8-27)23-5-11-29-31-15-36-32(16-35(31)37(33(29)13-23)25(17-47)18-48)30-12-6-24(14-34(30)38(36)26(19-49)20-50)22-3-9-28(10-4-22)52-40(44,45)46/h1-16H. The molecule has 0 bridgehead atoms. The molecule has 0 aromatic heterocycles. The molecule has 12 heteroatoms. The fraction of sp³-hybridized carbons (Fsp3) is 0.0500. The van der Waals surface area contributed by atoms with Gasteiger partial charge in [0.2, 0.25) is 0 Å². The minimum absolute atomic E-state index is 0.178. The molecule has 0 spiro atoms. The van der Waals surface area contributed by atoms with Crippen LogP contribution >= 0.6 is 0 Å². The Kier molecular flexibility index (Phi) is 7.82. The van der Waals surface area contributed by atoms with Crippen molar-refractivity contribution in [1.82, 2.24) is 0 Å². The van der Waals surface area contributed by atoms with Crippen LogP contribution in [0.1, 0.15) is 22.3 Å². The van der Waals surface area contributed by atoms with Gasteiger partial charge in [-0.15, -0.1) is 26.3 Å². The highest BCUT2D eigenvalue weighted by atomic mass is 19.4. The minimum atomic E-state index is -4.85. The largest absolute Gasteiger partial charge is 0.573 e. The Bertz CT molecular complexity index is 2360. The van der Waals surface area contributed by atoms with E-state index in [-0.39, 0.29) is 11.1 Å². The molecule has 0 N–H and O–H groups in total. The highest BCUT2D eigenvalue weighted by molar-refractivity contribution is 6.11. The first-order chi connectivity index (χ1) is 24.8. The molecule has 0 unspecified atom stereocenters. The lowest BCUT2D eigenvalue weighted by Gasteiger charge is -2.11. The van der Waals surface area contributed by atoms with Crippen molar-refractivity contribution in [1.29, 1.82) is 21.0 Å². The first-order valence-electron chi connectivity index (χ1n) is 15.1. The molecule has 7 rings (SSSR count). The fourth-order valence-corrected chi connectivity index (χ4v) is 6.59. The van der Waals surface area contributed by atoms with Gasteiger partial charge in [-0.05, 0) is 115 Å². The van der Waals surface area contributed by atoms with E-state index in [2.05, 4.69) is 9.47 Å². The number of halogens is 6. The van der Waals surface area contributed by atoms with Crippen LogP contribution in [0.5, 0.6) is 11.5 Å². The molecule has 0 saturated carbocycles. The zero-order valence-corrected chi connectivity index (χ0v) is 26.1. The normalized spacial score (nSPS) is 12.3. The molecular weight excluding hydrogens is 682 g/mol. The molecule has 5 aromatic rings. The summed E-state index contributed by atoms with van der Waals surface area (Å²) in [5.74, 6) is -0.787. The van der Waals surface area contributed by atoms with E-state index in [1.54, 1.807) is 48.5 Å². The lowest BCUT2D eigenvalue weighted by molar-refractivity contribution is -0.275. The van der Waals surface area contributed by atoms with Crippen LogP contribution in [-0.2, 0) is 0 Å². The van der Waals surface area contributed by atoms with E-state index in [9.17, 15) is 47.4 Å². The maximum atomic E-state index is 12.7. The van der Waals surface area contributed by atoms with E-state index >= 15 is 0 Å². The summed E-state index contributed by atoms with van der Waals surface area (Å²) in [6.45, 7) is 0. The first-order valence-corrected chi connectivity index (χ1v) is 15.1. The number of allylic oxidation sites excluding steroid dienone is 2. The lowest BCUT2D eigenvalue weighted by Crippen LogP contribution is -2.16. The van der Waals surface area contributed by atoms with Gasteiger partial charge in [0, 0.05) is 11.1 Å². The molecule has 0 heterocycles. The van der Waals surface area contributed by atoms with Gasteiger partial charge in [0.05, 0.1) is 0 Å². The van der Waals surface area contributed by atoms with Gasteiger partial charge in [-0.1, -0.05) is 48.5 Å². The van der Waals surface area contributed by atoms with E-state index in [1.165, 1.54) is 48.5 Å². The smallest absolute Gasteiger partial charge is 0.406 e. The van der Waals surface area contributed by atoms with Crippen molar-refractivity contribution in [2.45, 2.75) is 12.7 Å².